The van der Waals surface area contributed by atoms with Crippen molar-refractivity contribution >= 4 is 33.4 Å². The van der Waals surface area contributed by atoms with Crippen LogP contribution in [0.15, 0.2) is 47.4 Å². The lowest BCUT2D eigenvalue weighted by atomic mass is 9.82. The molecule has 162 valence electrons. The molecule has 1 amide bonds. The number of carboxylic acid groups (broad SMARTS) is 1. The Labute approximate surface area is 179 Å². The maximum atomic E-state index is 12.8. The van der Waals surface area contributed by atoms with Crippen molar-refractivity contribution < 1.29 is 23.1 Å². The average Bonchev–Trinajstić information content (AvgIpc) is 3.28. The van der Waals surface area contributed by atoms with Gasteiger partial charge >= 0.3 is 5.97 Å². The zero-order valence-electron chi connectivity index (χ0n) is 16.9. The third-order valence-corrected chi connectivity index (χ3v) is 7.05. The lowest BCUT2D eigenvalue weighted by molar-refractivity contribution is -0.146. The van der Waals surface area contributed by atoms with Crippen molar-refractivity contribution in [1.29, 1.82) is 0 Å². The SMILES string of the molecule is Cc1cc(NS(=O)(=O)c2ccc(NC(=O)[C@@H]3[C@@H](C(=O)O)[C@@H]4C=C[C@H]3C4)cc2)nc(C)n1. The average molecular weight is 442 g/mol. The van der Waals surface area contributed by atoms with E-state index < -0.39 is 27.8 Å². The molecule has 0 saturated heterocycles. The molecule has 0 unspecified atom stereocenters. The number of anilines is 2. The minimum atomic E-state index is -3.87. The molecule has 2 aliphatic carbocycles. The molecule has 2 aromatic rings. The molecular weight excluding hydrogens is 420 g/mol. The van der Waals surface area contributed by atoms with Crippen molar-refractivity contribution in [3.8, 4) is 0 Å². The summed E-state index contributed by atoms with van der Waals surface area (Å²) in [5.41, 5.74) is 1.03. The summed E-state index contributed by atoms with van der Waals surface area (Å²) in [6.45, 7) is 3.41. The van der Waals surface area contributed by atoms with Crippen molar-refractivity contribution in [3.05, 3.63) is 54.0 Å². The summed E-state index contributed by atoms with van der Waals surface area (Å²) in [5, 5.41) is 12.2. The second-order valence-electron chi connectivity index (χ2n) is 7.90. The first kappa shape index (κ1) is 21.0. The molecule has 4 rings (SSSR count). The fourth-order valence-electron chi connectivity index (χ4n) is 4.43. The Morgan fingerprint density at radius 1 is 1.03 bits per heavy atom. The van der Waals surface area contributed by atoms with Crippen LogP contribution in [0.5, 0.6) is 0 Å². The van der Waals surface area contributed by atoms with E-state index in [1.165, 1.54) is 30.3 Å². The Hall–Kier alpha value is -3.27. The van der Waals surface area contributed by atoms with Gasteiger partial charge in [-0.15, -0.1) is 0 Å². The quantitative estimate of drug-likeness (QED) is 0.584. The standard InChI is InChI=1S/C21H22N4O5S/c1-11-9-17(23-12(2)22-11)25-31(29,30)16-7-5-15(6-8-16)24-20(26)18-13-3-4-14(10-13)19(18)21(27)28/h3-9,13-14,18-19H,10H2,1-2H3,(H,24,26)(H,27,28)(H,22,23,25)/t13-,14+,18-,19-/m0/s1. The Morgan fingerprint density at radius 2 is 1.68 bits per heavy atom. The van der Waals surface area contributed by atoms with Gasteiger partial charge in [0.25, 0.3) is 10.0 Å². The van der Waals surface area contributed by atoms with Crippen LogP contribution in [-0.4, -0.2) is 35.4 Å². The van der Waals surface area contributed by atoms with E-state index in [0.717, 1.165) is 0 Å². The highest BCUT2D eigenvalue weighted by Gasteiger charge is 2.51. The first-order valence-electron chi connectivity index (χ1n) is 9.81. The van der Waals surface area contributed by atoms with Crippen LogP contribution in [0.25, 0.3) is 0 Å². The number of carboxylic acids is 1. The first-order chi connectivity index (χ1) is 14.6. The summed E-state index contributed by atoms with van der Waals surface area (Å²) in [5.74, 6) is -2.30. The highest BCUT2D eigenvalue weighted by Crippen LogP contribution is 2.48. The second kappa shape index (κ2) is 7.77. The maximum absolute atomic E-state index is 12.8. The van der Waals surface area contributed by atoms with Crippen LogP contribution in [0.2, 0.25) is 0 Å². The van der Waals surface area contributed by atoms with Gasteiger partial charge in [0, 0.05) is 17.4 Å². The van der Waals surface area contributed by atoms with Crippen LogP contribution in [-0.2, 0) is 19.6 Å². The lowest BCUT2D eigenvalue weighted by Crippen LogP contribution is -2.36. The van der Waals surface area contributed by atoms with E-state index in [9.17, 15) is 23.1 Å². The zero-order chi connectivity index (χ0) is 22.3. The number of aliphatic carboxylic acids is 1. The molecule has 1 saturated carbocycles. The molecule has 31 heavy (non-hydrogen) atoms. The molecule has 0 radical (unpaired) electrons. The molecule has 3 N–H and O–H groups in total. The van der Waals surface area contributed by atoms with Gasteiger partial charge < -0.3 is 10.4 Å². The van der Waals surface area contributed by atoms with Crippen molar-refractivity contribution in [3.63, 3.8) is 0 Å². The number of allylic oxidation sites excluding steroid dienone is 2. The minimum Gasteiger partial charge on any atom is -0.481 e. The Morgan fingerprint density at radius 3 is 2.29 bits per heavy atom. The third-order valence-electron chi connectivity index (χ3n) is 5.68. The minimum absolute atomic E-state index is 0.00527. The van der Waals surface area contributed by atoms with Gasteiger partial charge in [-0.3, -0.25) is 14.3 Å². The van der Waals surface area contributed by atoms with Gasteiger partial charge in [-0.1, -0.05) is 12.2 Å². The van der Waals surface area contributed by atoms with Crippen molar-refractivity contribution in [1.82, 2.24) is 9.97 Å². The Balaban J connectivity index is 1.47. The van der Waals surface area contributed by atoms with E-state index in [2.05, 4.69) is 20.0 Å². The van der Waals surface area contributed by atoms with Gasteiger partial charge in [-0.05, 0) is 56.4 Å². The number of carbonyl (C=O) groups is 2. The van der Waals surface area contributed by atoms with Gasteiger partial charge in [-0.25, -0.2) is 18.4 Å². The highest BCUT2D eigenvalue weighted by molar-refractivity contribution is 7.92. The first-order valence-corrected chi connectivity index (χ1v) is 11.3. The molecule has 4 atom stereocenters. The van der Waals surface area contributed by atoms with Gasteiger partial charge in [-0.2, -0.15) is 0 Å². The summed E-state index contributed by atoms with van der Waals surface area (Å²) in [6, 6.07) is 7.22. The predicted molar refractivity (Wildman–Crippen MR) is 113 cm³/mol. The topological polar surface area (TPSA) is 138 Å². The molecule has 2 aliphatic rings. The van der Waals surface area contributed by atoms with E-state index in [-0.39, 0.29) is 28.5 Å². The molecule has 1 aromatic heterocycles. The molecule has 1 heterocycles. The fourth-order valence-corrected chi connectivity index (χ4v) is 5.42. The molecule has 0 aliphatic heterocycles. The Bertz CT molecular complexity index is 1160. The lowest BCUT2D eigenvalue weighted by Gasteiger charge is -2.23. The van der Waals surface area contributed by atoms with Crippen LogP contribution < -0.4 is 10.0 Å². The summed E-state index contributed by atoms with van der Waals surface area (Å²) in [6.07, 6.45) is 4.45. The van der Waals surface area contributed by atoms with E-state index in [1.807, 2.05) is 12.2 Å². The molecule has 10 heteroatoms. The van der Waals surface area contributed by atoms with Crippen LogP contribution in [0.3, 0.4) is 0 Å². The zero-order valence-corrected chi connectivity index (χ0v) is 17.8. The number of hydrogen-bond donors (Lipinski definition) is 3. The number of fused-ring (bicyclic) bond motifs is 2. The maximum Gasteiger partial charge on any atom is 0.307 e. The van der Waals surface area contributed by atoms with Gasteiger partial charge in [0.15, 0.2) is 0 Å². The fraction of sp³-hybridized carbons (Fsp3) is 0.333. The normalized spacial score (nSPS) is 24.2. The van der Waals surface area contributed by atoms with E-state index in [4.69, 9.17) is 0 Å². The number of aryl methyl sites for hydroxylation is 2. The molecular formula is C21H22N4O5S. The molecule has 1 fully saturated rings. The van der Waals surface area contributed by atoms with E-state index in [0.29, 0.717) is 23.6 Å². The summed E-state index contributed by atoms with van der Waals surface area (Å²) < 4.78 is 27.7. The summed E-state index contributed by atoms with van der Waals surface area (Å²) in [4.78, 5) is 32.6. The molecule has 2 bridgehead atoms. The number of aromatic nitrogens is 2. The number of hydrogen-bond acceptors (Lipinski definition) is 6. The number of benzene rings is 1. The summed E-state index contributed by atoms with van der Waals surface area (Å²) in [7, 11) is -3.87. The number of sulfonamides is 1. The smallest absolute Gasteiger partial charge is 0.307 e. The highest BCUT2D eigenvalue weighted by atomic mass is 32.2. The van der Waals surface area contributed by atoms with E-state index in [1.54, 1.807) is 13.8 Å². The van der Waals surface area contributed by atoms with Crippen molar-refractivity contribution in [2.75, 3.05) is 10.0 Å². The molecule has 0 spiro atoms. The number of nitrogens with one attached hydrogen (secondary N) is 2. The Kier molecular flexibility index (Phi) is 5.26. The number of rotatable bonds is 6. The largest absolute Gasteiger partial charge is 0.481 e. The van der Waals surface area contributed by atoms with Crippen LogP contribution in [0.1, 0.15) is 17.9 Å². The van der Waals surface area contributed by atoms with Gasteiger partial charge in [0.1, 0.15) is 11.6 Å². The molecule has 9 nitrogen and oxygen atoms in total. The van der Waals surface area contributed by atoms with Crippen molar-refractivity contribution in [2.24, 2.45) is 23.7 Å². The van der Waals surface area contributed by atoms with Crippen molar-refractivity contribution in [2.45, 2.75) is 25.2 Å². The molecule has 1 aromatic carbocycles. The number of carbonyl (C=O) groups excluding carboxylic acids is 1. The predicted octanol–water partition coefficient (Wildman–Crippen LogP) is 2.36. The number of nitrogens with zero attached hydrogens (tertiary/aromatic N) is 2. The monoisotopic (exact) mass is 442 g/mol. The van der Waals surface area contributed by atoms with Crippen LogP contribution in [0, 0.1) is 37.5 Å². The van der Waals surface area contributed by atoms with Crippen LogP contribution in [0.4, 0.5) is 11.5 Å². The number of amides is 1. The third kappa shape index (κ3) is 4.15. The van der Waals surface area contributed by atoms with Gasteiger partial charge in [0.2, 0.25) is 5.91 Å². The second-order valence-corrected chi connectivity index (χ2v) is 9.58. The summed E-state index contributed by atoms with van der Waals surface area (Å²) >= 11 is 0. The van der Waals surface area contributed by atoms with Gasteiger partial charge in [0.05, 0.1) is 16.7 Å². The van der Waals surface area contributed by atoms with E-state index >= 15 is 0 Å². The van der Waals surface area contributed by atoms with Crippen LogP contribution >= 0.6 is 0 Å².